The summed E-state index contributed by atoms with van der Waals surface area (Å²) in [7, 11) is 3.97. The number of hydrogen-bond acceptors (Lipinski definition) is 5. The van der Waals surface area contributed by atoms with Crippen LogP contribution in [0.1, 0.15) is 81.7 Å². The van der Waals surface area contributed by atoms with Crippen LogP contribution in [0.5, 0.6) is 0 Å². The van der Waals surface area contributed by atoms with E-state index >= 15 is 0 Å². The van der Waals surface area contributed by atoms with Crippen molar-refractivity contribution in [3.05, 3.63) is 58.9 Å². The highest BCUT2D eigenvalue weighted by Gasteiger charge is 2.41. The number of nitrogens with zero attached hydrogens (tertiary/aromatic N) is 2. The fourth-order valence-corrected chi connectivity index (χ4v) is 4.14. The summed E-state index contributed by atoms with van der Waals surface area (Å²) in [5.74, 6) is -0.449. The summed E-state index contributed by atoms with van der Waals surface area (Å²) < 4.78 is 5.55. The molecule has 1 saturated heterocycles. The van der Waals surface area contributed by atoms with Gasteiger partial charge in [0, 0.05) is 80.2 Å². The van der Waals surface area contributed by atoms with Gasteiger partial charge in [0.25, 0.3) is 5.91 Å². The van der Waals surface area contributed by atoms with Crippen LogP contribution in [0, 0.1) is 0 Å². The van der Waals surface area contributed by atoms with Gasteiger partial charge < -0.3 is 20.3 Å². The lowest BCUT2D eigenvalue weighted by atomic mass is 9.85. The zero-order chi connectivity index (χ0) is 26.7. The van der Waals surface area contributed by atoms with Crippen LogP contribution in [-0.4, -0.2) is 49.6 Å². The summed E-state index contributed by atoms with van der Waals surface area (Å²) in [6.45, 7) is 13.7. The SMILES string of the molecule is CN(C)c1cccc(CNC(=O)C2(NC(=O)c3cc(C(C)(C)C)nc(C(C)(C)C)c3)CCOCC2)c1. The van der Waals surface area contributed by atoms with Gasteiger partial charge >= 0.3 is 0 Å². The van der Waals surface area contributed by atoms with E-state index in [1.165, 1.54) is 0 Å². The first-order valence-corrected chi connectivity index (χ1v) is 12.7. The molecule has 0 saturated carbocycles. The molecule has 0 aliphatic carbocycles. The van der Waals surface area contributed by atoms with Crippen LogP contribution in [-0.2, 0) is 26.9 Å². The van der Waals surface area contributed by atoms with Crippen molar-refractivity contribution < 1.29 is 14.3 Å². The van der Waals surface area contributed by atoms with E-state index in [4.69, 9.17) is 9.72 Å². The number of amides is 2. The van der Waals surface area contributed by atoms with Gasteiger partial charge in [-0.3, -0.25) is 14.6 Å². The maximum absolute atomic E-state index is 13.6. The van der Waals surface area contributed by atoms with Crippen molar-refractivity contribution in [3.8, 4) is 0 Å². The van der Waals surface area contributed by atoms with E-state index in [1.807, 2.05) is 49.3 Å². The maximum atomic E-state index is 13.6. The molecule has 1 aromatic carbocycles. The third-order valence-electron chi connectivity index (χ3n) is 6.64. The summed E-state index contributed by atoms with van der Waals surface area (Å²) in [5, 5.41) is 6.17. The van der Waals surface area contributed by atoms with Crippen molar-refractivity contribution in [3.63, 3.8) is 0 Å². The van der Waals surface area contributed by atoms with Gasteiger partial charge in [0.1, 0.15) is 5.54 Å². The minimum Gasteiger partial charge on any atom is -0.381 e. The molecule has 2 N–H and O–H groups in total. The Balaban J connectivity index is 1.86. The highest BCUT2D eigenvalue weighted by atomic mass is 16.5. The number of anilines is 1. The van der Waals surface area contributed by atoms with Gasteiger partial charge in [-0.1, -0.05) is 53.7 Å². The summed E-state index contributed by atoms with van der Waals surface area (Å²) in [6, 6.07) is 11.7. The lowest BCUT2D eigenvalue weighted by molar-refractivity contribution is -0.131. The van der Waals surface area contributed by atoms with Gasteiger partial charge in [-0.2, -0.15) is 0 Å². The minimum atomic E-state index is -1.03. The molecule has 36 heavy (non-hydrogen) atoms. The lowest BCUT2D eigenvalue weighted by Gasteiger charge is -2.36. The molecular formula is C29H42N4O3. The number of nitrogens with one attached hydrogen (secondary N) is 2. The first-order valence-electron chi connectivity index (χ1n) is 12.7. The number of aromatic nitrogens is 1. The lowest BCUT2D eigenvalue weighted by Crippen LogP contribution is -2.61. The van der Waals surface area contributed by atoms with Crippen LogP contribution in [0.15, 0.2) is 36.4 Å². The average Bonchev–Trinajstić information content (AvgIpc) is 2.81. The standard InChI is InChI=1S/C29H42N4O3/c1-27(2,3)23-17-21(18-24(31-23)28(4,5)6)25(34)32-29(12-14-36-15-13-29)26(35)30-19-20-10-9-11-22(16-20)33(7)8/h9-11,16-18H,12-15,19H2,1-8H3,(H,30,35)(H,32,34). The van der Waals surface area contributed by atoms with Crippen molar-refractivity contribution in [1.29, 1.82) is 0 Å². The summed E-state index contributed by atoms with van der Waals surface area (Å²) in [4.78, 5) is 34.0. The molecule has 2 amide bonds. The van der Waals surface area contributed by atoms with Gasteiger partial charge in [0.05, 0.1) is 0 Å². The summed E-state index contributed by atoms with van der Waals surface area (Å²) >= 11 is 0. The predicted octanol–water partition coefficient (Wildman–Crippen LogP) is 4.34. The number of carbonyl (C=O) groups excluding carboxylic acids is 2. The average molecular weight is 495 g/mol. The number of carbonyl (C=O) groups is 2. The highest BCUT2D eigenvalue weighted by Crippen LogP contribution is 2.28. The molecule has 2 heterocycles. The summed E-state index contributed by atoms with van der Waals surface area (Å²) in [5.41, 5.74) is 2.84. The van der Waals surface area contributed by atoms with Gasteiger partial charge in [-0.25, -0.2) is 0 Å². The minimum absolute atomic E-state index is 0.185. The first kappa shape index (κ1) is 27.7. The fourth-order valence-electron chi connectivity index (χ4n) is 4.14. The first-order chi connectivity index (χ1) is 16.7. The maximum Gasteiger partial charge on any atom is 0.252 e. The molecule has 0 spiro atoms. The highest BCUT2D eigenvalue weighted by molar-refractivity contribution is 5.99. The molecule has 3 rings (SSSR count). The Morgan fingerprint density at radius 3 is 2.08 bits per heavy atom. The molecule has 0 bridgehead atoms. The molecule has 7 nitrogen and oxygen atoms in total. The predicted molar refractivity (Wildman–Crippen MR) is 145 cm³/mol. The zero-order valence-corrected chi connectivity index (χ0v) is 23.1. The normalized spacial score (nSPS) is 15.8. The molecule has 196 valence electrons. The van der Waals surface area contributed by atoms with E-state index in [9.17, 15) is 9.59 Å². The van der Waals surface area contributed by atoms with Crippen LogP contribution in [0.3, 0.4) is 0 Å². The second-order valence-corrected chi connectivity index (χ2v) is 12.0. The molecule has 2 aromatic rings. The van der Waals surface area contributed by atoms with Crippen LogP contribution in [0.25, 0.3) is 0 Å². The molecule has 1 aliphatic heterocycles. The number of ether oxygens (including phenoxy) is 1. The van der Waals surface area contributed by atoms with E-state index < -0.39 is 5.54 Å². The molecule has 7 heteroatoms. The van der Waals surface area contributed by atoms with E-state index in [1.54, 1.807) is 0 Å². The third kappa shape index (κ3) is 6.64. The van der Waals surface area contributed by atoms with Gasteiger partial charge in [0.2, 0.25) is 5.91 Å². The molecule has 0 unspecified atom stereocenters. The Hall–Kier alpha value is -2.93. The monoisotopic (exact) mass is 494 g/mol. The van der Waals surface area contributed by atoms with Crippen LogP contribution < -0.4 is 15.5 Å². The van der Waals surface area contributed by atoms with Gasteiger partial charge in [-0.15, -0.1) is 0 Å². The Labute approximate surface area is 216 Å². The van der Waals surface area contributed by atoms with Crippen LogP contribution in [0.2, 0.25) is 0 Å². The number of pyridine rings is 1. The van der Waals surface area contributed by atoms with E-state index in [2.05, 4.69) is 58.2 Å². The van der Waals surface area contributed by atoms with Crippen molar-refractivity contribution in [2.75, 3.05) is 32.2 Å². The third-order valence-corrected chi connectivity index (χ3v) is 6.64. The Bertz CT molecular complexity index is 1060. The zero-order valence-electron chi connectivity index (χ0n) is 23.1. The Kier molecular flexibility index (Phi) is 8.13. The van der Waals surface area contributed by atoms with Crippen LogP contribution >= 0.6 is 0 Å². The quantitative estimate of drug-likeness (QED) is 0.624. The molecule has 1 aliphatic rings. The Morgan fingerprint density at radius 1 is 0.972 bits per heavy atom. The van der Waals surface area contributed by atoms with Crippen molar-refractivity contribution in [2.45, 2.75) is 77.3 Å². The van der Waals surface area contributed by atoms with E-state index in [0.717, 1.165) is 22.6 Å². The molecule has 0 atom stereocenters. The number of rotatable bonds is 6. The number of hydrogen-bond donors (Lipinski definition) is 2. The van der Waals surface area contributed by atoms with Crippen molar-refractivity contribution in [2.24, 2.45) is 0 Å². The smallest absolute Gasteiger partial charge is 0.252 e. The van der Waals surface area contributed by atoms with E-state index in [0.29, 0.717) is 38.2 Å². The Morgan fingerprint density at radius 2 is 1.56 bits per heavy atom. The van der Waals surface area contributed by atoms with Gasteiger partial charge in [0.15, 0.2) is 0 Å². The van der Waals surface area contributed by atoms with Crippen molar-refractivity contribution in [1.82, 2.24) is 15.6 Å². The van der Waals surface area contributed by atoms with E-state index in [-0.39, 0.29) is 22.6 Å². The molecule has 1 fully saturated rings. The van der Waals surface area contributed by atoms with Gasteiger partial charge in [-0.05, 0) is 29.8 Å². The molecular weight excluding hydrogens is 452 g/mol. The molecule has 0 radical (unpaired) electrons. The second kappa shape index (κ2) is 10.6. The second-order valence-electron chi connectivity index (χ2n) is 12.0. The largest absolute Gasteiger partial charge is 0.381 e. The summed E-state index contributed by atoms with van der Waals surface area (Å²) in [6.07, 6.45) is 0.845. The van der Waals surface area contributed by atoms with Crippen molar-refractivity contribution >= 4 is 17.5 Å². The molecule has 1 aromatic heterocycles. The number of benzene rings is 1. The topological polar surface area (TPSA) is 83.6 Å². The fraction of sp³-hybridized carbons (Fsp3) is 0.552. The van der Waals surface area contributed by atoms with Crippen LogP contribution in [0.4, 0.5) is 5.69 Å².